The molecule has 0 heterocycles. The van der Waals surface area contributed by atoms with E-state index in [1.807, 2.05) is 24.3 Å². The van der Waals surface area contributed by atoms with E-state index in [1.54, 1.807) is 0 Å². The van der Waals surface area contributed by atoms with Crippen LogP contribution in [0.5, 0.6) is 0 Å². The van der Waals surface area contributed by atoms with Gasteiger partial charge in [-0.25, -0.2) is 0 Å². The molecule has 3 N–H and O–H groups in total. The quantitative estimate of drug-likeness (QED) is 0.819. The lowest BCUT2D eigenvalue weighted by Gasteiger charge is -2.34. The lowest BCUT2D eigenvalue weighted by Crippen LogP contribution is -2.40. The molecule has 0 spiro atoms. The van der Waals surface area contributed by atoms with E-state index in [2.05, 4.69) is 18.7 Å². The summed E-state index contributed by atoms with van der Waals surface area (Å²) in [4.78, 5) is 2.19. The summed E-state index contributed by atoms with van der Waals surface area (Å²) < 4.78 is 0. The number of nitrogens with zero attached hydrogens (tertiary/aromatic N) is 1. The Morgan fingerprint density at radius 3 is 2.59 bits per heavy atom. The molecule has 0 amide bonds. The van der Waals surface area contributed by atoms with Crippen LogP contribution in [0.25, 0.3) is 0 Å². The molecule has 0 aromatic heterocycles. The van der Waals surface area contributed by atoms with Gasteiger partial charge >= 0.3 is 0 Å². The molecule has 0 aliphatic carbocycles. The van der Waals surface area contributed by atoms with Crippen molar-refractivity contribution in [2.75, 3.05) is 19.7 Å². The normalized spacial score (nSPS) is 13.4. The number of hydrogen-bond donors (Lipinski definition) is 2. The van der Waals surface area contributed by atoms with Gasteiger partial charge in [-0.1, -0.05) is 23.7 Å². The molecule has 96 valence electrons. The van der Waals surface area contributed by atoms with Crippen LogP contribution in [0.2, 0.25) is 5.02 Å². The average Bonchev–Trinajstić information content (AvgIpc) is 2.29. The van der Waals surface area contributed by atoms with E-state index in [1.165, 1.54) is 0 Å². The molecule has 1 unspecified atom stereocenters. The summed E-state index contributed by atoms with van der Waals surface area (Å²) in [5, 5.41) is 9.84. The van der Waals surface area contributed by atoms with Gasteiger partial charge in [0.1, 0.15) is 0 Å². The summed E-state index contributed by atoms with van der Waals surface area (Å²) >= 11 is 6.00. The van der Waals surface area contributed by atoms with Crippen molar-refractivity contribution >= 4 is 11.6 Å². The smallest absolute Gasteiger partial charge is 0.0558 e. The van der Waals surface area contributed by atoms with Gasteiger partial charge in [-0.2, -0.15) is 0 Å². The minimum absolute atomic E-state index is 0.0980. The van der Waals surface area contributed by atoms with Crippen LogP contribution < -0.4 is 5.73 Å². The molecule has 0 fully saturated rings. The van der Waals surface area contributed by atoms with Gasteiger partial charge in [0.15, 0.2) is 0 Å². The zero-order chi connectivity index (χ0) is 12.8. The molecule has 0 radical (unpaired) electrons. The third-order valence-electron chi connectivity index (χ3n) is 2.88. The van der Waals surface area contributed by atoms with Crippen molar-refractivity contribution in [1.82, 2.24) is 4.90 Å². The van der Waals surface area contributed by atoms with E-state index in [0.29, 0.717) is 24.2 Å². The third-order valence-corrected chi connectivity index (χ3v) is 3.11. The Bertz CT molecular complexity index is 344. The van der Waals surface area contributed by atoms with Crippen molar-refractivity contribution in [2.45, 2.75) is 25.9 Å². The molecule has 0 saturated carbocycles. The van der Waals surface area contributed by atoms with Gasteiger partial charge in [0, 0.05) is 30.2 Å². The van der Waals surface area contributed by atoms with Gasteiger partial charge in [-0.05, 0) is 31.5 Å². The third kappa shape index (κ3) is 3.96. The number of aliphatic hydroxyl groups excluding tert-OH is 1. The van der Waals surface area contributed by atoms with Crippen LogP contribution in [0, 0.1) is 0 Å². The van der Waals surface area contributed by atoms with Crippen molar-refractivity contribution < 1.29 is 5.11 Å². The summed E-state index contributed by atoms with van der Waals surface area (Å²) in [5.41, 5.74) is 6.96. The van der Waals surface area contributed by atoms with Gasteiger partial charge in [0.2, 0.25) is 0 Å². The molecule has 4 heteroatoms. The molecule has 0 bridgehead atoms. The van der Waals surface area contributed by atoms with E-state index >= 15 is 0 Å². The summed E-state index contributed by atoms with van der Waals surface area (Å²) in [6.07, 6.45) is 0. The largest absolute Gasteiger partial charge is 0.395 e. The fourth-order valence-corrected chi connectivity index (χ4v) is 2.26. The highest BCUT2D eigenvalue weighted by Gasteiger charge is 2.21. The lowest BCUT2D eigenvalue weighted by molar-refractivity contribution is 0.121. The number of nitrogens with two attached hydrogens (primary N) is 1. The second-order valence-electron chi connectivity index (χ2n) is 4.36. The van der Waals surface area contributed by atoms with E-state index in [-0.39, 0.29) is 12.6 Å². The highest BCUT2D eigenvalue weighted by Crippen LogP contribution is 2.24. The van der Waals surface area contributed by atoms with Crippen LogP contribution in [0.15, 0.2) is 24.3 Å². The first-order valence-corrected chi connectivity index (χ1v) is 6.30. The van der Waals surface area contributed by atoms with Crippen LogP contribution in [0.4, 0.5) is 0 Å². The van der Waals surface area contributed by atoms with Crippen molar-refractivity contribution in [3.8, 4) is 0 Å². The second-order valence-corrected chi connectivity index (χ2v) is 4.80. The highest BCUT2D eigenvalue weighted by molar-refractivity contribution is 6.30. The molecule has 0 aliphatic rings. The predicted octanol–water partition coefficient (Wildman–Crippen LogP) is 2.04. The van der Waals surface area contributed by atoms with Gasteiger partial charge < -0.3 is 10.8 Å². The first-order valence-electron chi connectivity index (χ1n) is 5.92. The molecular weight excluding hydrogens is 236 g/mol. The Morgan fingerprint density at radius 2 is 2.12 bits per heavy atom. The fourth-order valence-electron chi connectivity index (χ4n) is 2.07. The maximum absolute atomic E-state index is 9.12. The number of rotatable bonds is 6. The number of benzene rings is 1. The standard InChI is InChI=1S/C13H21ClN2O/c1-10(2)16(6-7-17)13(9-15)11-4-3-5-12(14)8-11/h3-5,8,10,13,17H,6-7,9,15H2,1-2H3. The molecule has 1 rings (SSSR count). The number of halogens is 1. The Hall–Kier alpha value is -0.610. The van der Waals surface area contributed by atoms with Gasteiger partial charge in [0.05, 0.1) is 6.61 Å². The number of aliphatic hydroxyl groups is 1. The van der Waals surface area contributed by atoms with Crippen molar-refractivity contribution in [1.29, 1.82) is 0 Å². The molecule has 1 atom stereocenters. The topological polar surface area (TPSA) is 49.5 Å². The summed E-state index contributed by atoms with van der Waals surface area (Å²) in [5.74, 6) is 0. The first-order chi connectivity index (χ1) is 8.10. The molecule has 1 aromatic rings. The van der Waals surface area contributed by atoms with Crippen molar-refractivity contribution in [2.24, 2.45) is 5.73 Å². The maximum Gasteiger partial charge on any atom is 0.0558 e. The SMILES string of the molecule is CC(C)N(CCO)C(CN)c1cccc(Cl)c1. The molecule has 3 nitrogen and oxygen atoms in total. The minimum atomic E-state index is 0.0980. The zero-order valence-corrected chi connectivity index (χ0v) is 11.2. The maximum atomic E-state index is 9.12. The summed E-state index contributed by atoms with van der Waals surface area (Å²) in [7, 11) is 0. The van der Waals surface area contributed by atoms with Crippen LogP contribution in [0.3, 0.4) is 0 Å². The Morgan fingerprint density at radius 1 is 1.41 bits per heavy atom. The fraction of sp³-hybridized carbons (Fsp3) is 0.538. The van der Waals surface area contributed by atoms with Gasteiger partial charge in [0.25, 0.3) is 0 Å². The van der Waals surface area contributed by atoms with E-state index < -0.39 is 0 Å². The monoisotopic (exact) mass is 256 g/mol. The van der Waals surface area contributed by atoms with Gasteiger partial charge in [-0.3, -0.25) is 4.90 Å². The lowest BCUT2D eigenvalue weighted by atomic mass is 10.0. The minimum Gasteiger partial charge on any atom is -0.395 e. The van der Waals surface area contributed by atoms with Gasteiger partial charge in [-0.15, -0.1) is 0 Å². The Balaban J connectivity index is 2.95. The van der Waals surface area contributed by atoms with Crippen LogP contribution in [0.1, 0.15) is 25.5 Å². The molecular formula is C13H21ClN2O. The Kier molecular flexibility index (Phi) is 5.92. The first kappa shape index (κ1) is 14.5. The molecule has 0 saturated heterocycles. The van der Waals surface area contributed by atoms with E-state index in [4.69, 9.17) is 22.4 Å². The van der Waals surface area contributed by atoms with E-state index in [0.717, 1.165) is 5.56 Å². The van der Waals surface area contributed by atoms with Crippen LogP contribution in [-0.2, 0) is 0 Å². The number of hydrogen-bond acceptors (Lipinski definition) is 3. The van der Waals surface area contributed by atoms with Crippen molar-refractivity contribution in [3.05, 3.63) is 34.9 Å². The van der Waals surface area contributed by atoms with Crippen molar-refractivity contribution in [3.63, 3.8) is 0 Å². The highest BCUT2D eigenvalue weighted by atomic mass is 35.5. The second kappa shape index (κ2) is 6.97. The Labute approximate surface area is 108 Å². The molecule has 17 heavy (non-hydrogen) atoms. The molecule has 0 aliphatic heterocycles. The average molecular weight is 257 g/mol. The summed E-state index contributed by atoms with van der Waals surface area (Å²) in [6.45, 7) is 5.46. The molecule has 1 aromatic carbocycles. The van der Waals surface area contributed by atoms with E-state index in [9.17, 15) is 0 Å². The zero-order valence-electron chi connectivity index (χ0n) is 10.4. The van der Waals surface area contributed by atoms with Crippen LogP contribution in [-0.4, -0.2) is 35.7 Å². The predicted molar refractivity (Wildman–Crippen MR) is 72.2 cm³/mol. The summed E-state index contributed by atoms with van der Waals surface area (Å²) in [6, 6.07) is 8.17. The van der Waals surface area contributed by atoms with Crippen LogP contribution >= 0.6 is 11.6 Å².